The molecule has 0 atom stereocenters. The first-order valence-electron chi connectivity index (χ1n) is 13.9. The van der Waals surface area contributed by atoms with Crippen LogP contribution in [-0.2, 0) is 23.0 Å². The predicted octanol–water partition coefficient (Wildman–Crippen LogP) is 6.21. The van der Waals surface area contributed by atoms with E-state index in [4.69, 9.17) is 4.74 Å². The number of ether oxygens (including phenoxy) is 1. The van der Waals surface area contributed by atoms with Gasteiger partial charge in [0.25, 0.3) is 0 Å². The number of piperidine rings is 1. The van der Waals surface area contributed by atoms with Crippen molar-refractivity contribution in [2.45, 2.75) is 51.1 Å². The van der Waals surface area contributed by atoms with Gasteiger partial charge in [-0.2, -0.15) is 0 Å². The summed E-state index contributed by atoms with van der Waals surface area (Å²) in [6.45, 7) is 3.15. The Bertz CT molecular complexity index is 1310. The lowest BCUT2D eigenvalue weighted by Gasteiger charge is -2.37. The molecule has 3 aromatic carbocycles. The molecular formula is C31H39N3O5S. The van der Waals surface area contributed by atoms with Gasteiger partial charge in [0.05, 0.1) is 6.26 Å². The van der Waals surface area contributed by atoms with E-state index in [9.17, 15) is 18.3 Å². The Labute approximate surface area is 237 Å². The van der Waals surface area contributed by atoms with Crippen LogP contribution >= 0.6 is 0 Å². The van der Waals surface area contributed by atoms with Crippen LogP contribution in [0.5, 0.6) is 11.5 Å². The zero-order valence-corrected chi connectivity index (χ0v) is 23.9. The molecule has 0 unspecified atom stereocenters. The number of benzene rings is 3. The number of aryl methyl sites for hydroxylation is 1. The average Bonchev–Trinajstić information content (AvgIpc) is 2.93. The smallest absolute Gasteiger partial charge is 0.407 e. The molecule has 214 valence electrons. The maximum absolute atomic E-state index is 12.0. The van der Waals surface area contributed by atoms with Gasteiger partial charge in [0, 0.05) is 37.9 Å². The van der Waals surface area contributed by atoms with Gasteiger partial charge >= 0.3 is 6.09 Å². The van der Waals surface area contributed by atoms with Gasteiger partial charge in [0.1, 0.15) is 11.5 Å². The zero-order chi connectivity index (χ0) is 28.4. The number of unbranched alkanes of at least 4 members (excludes halogenated alkanes) is 2. The third kappa shape index (κ3) is 9.57. The van der Waals surface area contributed by atoms with Crippen molar-refractivity contribution in [2.75, 3.05) is 30.6 Å². The fraction of sp³-hybridized carbons (Fsp3) is 0.387. The van der Waals surface area contributed by atoms with E-state index in [0.29, 0.717) is 23.7 Å². The van der Waals surface area contributed by atoms with Crippen molar-refractivity contribution in [3.05, 3.63) is 90.0 Å². The van der Waals surface area contributed by atoms with E-state index in [1.807, 2.05) is 30.3 Å². The summed E-state index contributed by atoms with van der Waals surface area (Å²) in [6.07, 6.45) is 6.05. The molecule has 3 aromatic rings. The molecule has 1 amide bonds. The molecule has 40 heavy (non-hydrogen) atoms. The zero-order valence-electron chi connectivity index (χ0n) is 23.0. The highest BCUT2D eigenvalue weighted by Crippen LogP contribution is 2.25. The van der Waals surface area contributed by atoms with Gasteiger partial charge in [-0.15, -0.1) is 0 Å². The number of hydrogen-bond donors (Lipinski definition) is 2. The molecule has 0 saturated carbocycles. The predicted molar refractivity (Wildman–Crippen MR) is 158 cm³/mol. The lowest BCUT2D eigenvalue weighted by atomic mass is 10.0. The minimum Gasteiger partial charge on any atom is -0.465 e. The summed E-state index contributed by atoms with van der Waals surface area (Å²) in [5, 5.41) is 9.82. The minimum absolute atomic E-state index is 0.0812. The first-order chi connectivity index (χ1) is 19.2. The molecule has 1 heterocycles. The van der Waals surface area contributed by atoms with Crippen LogP contribution in [0.1, 0.15) is 43.2 Å². The first-order valence-corrected chi connectivity index (χ1v) is 15.7. The van der Waals surface area contributed by atoms with Crippen LogP contribution in [-0.4, -0.2) is 61.3 Å². The highest BCUT2D eigenvalue weighted by molar-refractivity contribution is 7.92. The molecule has 0 aromatic heterocycles. The minimum atomic E-state index is -3.31. The van der Waals surface area contributed by atoms with Crippen LogP contribution in [0.25, 0.3) is 0 Å². The van der Waals surface area contributed by atoms with E-state index in [2.05, 4.69) is 33.9 Å². The van der Waals surface area contributed by atoms with Gasteiger partial charge in [-0.05, 0) is 79.6 Å². The van der Waals surface area contributed by atoms with Gasteiger partial charge in [0.15, 0.2) is 0 Å². The normalized spacial score (nSPS) is 14.5. The monoisotopic (exact) mass is 565 g/mol. The Balaban J connectivity index is 1.18. The van der Waals surface area contributed by atoms with Crippen LogP contribution in [0, 0.1) is 0 Å². The summed E-state index contributed by atoms with van der Waals surface area (Å²) in [7, 11) is -3.31. The quantitative estimate of drug-likeness (QED) is 0.239. The second-order valence-electron chi connectivity index (χ2n) is 10.4. The molecule has 2 N–H and O–H groups in total. The van der Waals surface area contributed by atoms with Gasteiger partial charge in [0.2, 0.25) is 10.0 Å². The van der Waals surface area contributed by atoms with Crippen LogP contribution < -0.4 is 9.46 Å². The Morgan fingerprint density at radius 3 is 2.12 bits per heavy atom. The van der Waals surface area contributed by atoms with Crippen molar-refractivity contribution in [2.24, 2.45) is 0 Å². The summed E-state index contributed by atoms with van der Waals surface area (Å²) in [6, 6.07) is 25.2. The maximum atomic E-state index is 12.0. The summed E-state index contributed by atoms with van der Waals surface area (Å²) >= 11 is 0. The van der Waals surface area contributed by atoms with Crippen LogP contribution in [0.3, 0.4) is 0 Å². The third-order valence-corrected chi connectivity index (χ3v) is 7.78. The molecule has 0 spiro atoms. The van der Waals surface area contributed by atoms with Crippen LogP contribution in [0.2, 0.25) is 0 Å². The van der Waals surface area contributed by atoms with E-state index in [1.165, 1.54) is 11.1 Å². The molecule has 1 saturated heterocycles. The van der Waals surface area contributed by atoms with Gasteiger partial charge in [-0.25, -0.2) is 13.2 Å². The summed E-state index contributed by atoms with van der Waals surface area (Å²) < 4.78 is 31.0. The Morgan fingerprint density at radius 2 is 1.52 bits per heavy atom. The topological polar surface area (TPSA) is 99.2 Å². The lowest BCUT2D eigenvalue weighted by molar-refractivity contribution is 0.0876. The van der Waals surface area contributed by atoms with E-state index < -0.39 is 16.1 Å². The van der Waals surface area contributed by atoms with Gasteiger partial charge < -0.3 is 14.7 Å². The summed E-state index contributed by atoms with van der Waals surface area (Å²) in [5.41, 5.74) is 2.99. The Morgan fingerprint density at radius 1 is 0.900 bits per heavy atom. The number of hydrogen-bond acceptors (Lipinski definition) is 5. The van der Waals surface area contributed by atoms with Crippen molar-refractivity contribution in [1.29, 1.82) is 0 Å². The fourth-order valence-corrected chi connectivity index (χ4v) is 5.68. The lowest BCUT2D eigenvalue weighted by Crippen LogP contribution is -2.47. The van der Waals surface area contributed by atoms with E-state index in [0.717, 1.165) is 64.4 Å². The first kappa shape index (κ1) is 29.4. The van der Waals surface area contributed by atoms with Crippen molar-refractivity contribution >= 4 is 21.8 Å². The van der Waals surface area contributed by atoms with Crippen molar-refractivity contribution in [3.63, 3.8) is 0 Å². The standard InChI is InChI=1S/C31H39N3O5S/c1-40(37,38)32-27-13-17-30(18-14-27)39-29-15-11-26(12-16-29)24-33-22-19-28(20-23-33)34(31(35)36)21-7-3-6-10-25-8-4-2-5-9-25/h2,4-5,8-9,11-18,28,32H,3,6-7,10,19-24H2,1H3,(H,35,36). The van der Waals surface area contributed by atoms with Crippen molar-refractivity contribution in [3.8, 4) is 11.5 Å². The molecule has 0 bridgehead atoms. The number of amides is 1. The van der Waals surface area contributed by atoms with Gasteiger partial charge in [-0.3, -0.25) is 9.62 Å². The number of nitrogens with one attached hydrogen (secondary N) is 1. The molecule has 1 aliphatic heterocycles. The molecule has 4 rings (SSSR count). The molecule has 0 aliphatic carbocycles. The number of rotatable bonds is 13. The fourth-order valence-electron chi connectivity index (χ4n) is 5.12. The number of likely N-dealkylation sites (tertiary alicyclic amines) is 1. The Hall–Kier alpha value is -3.56. The van der Waals surface area contributed by atoms with E-state index >= 15 is 0 Å². The molecule has 8 nitrogen and oxygen atoms in total. The van der Waals surface area contributed by atoms with E-state index in [1.54, 1.807) is 29.2 Å². The average molecular weight is 566 g/mol. The van der Waals surface area contributed by atoms with Gasteiger partial charge in [-0.1, -0.05) is 48.9 Å². The molecule has 0 radical (unpaired) electrons. The highest BCUT2D eigenvalue weighted by atomic mass is 32.2. The SMILES string of the molecule is CS(=O)(=O)Nc1ccc(Oc2ccc(CN3CCC(N(CCCCCc4ccccc4)C(=O)O)CC3)cc2)cc1. The highest BCUT2D eigenvalue weighted by Gasteiger charge is 2.27. The second-order valence-corrected chi connectivity index (χ2v) is 12.2. The second kappa shape index (κ2) is 14.2. The number of sulfonamides is 1. The van der Waals surface area contributed by atoms with Crippen molar-refractivity contribution < 1.29 is 23.1 Å². The summed E-state index contributed by atoms with van der Waals surface area (Å²) in [4.78, 5) is 16.0. The number of anilines is 1. The largest absolute Gasteiger partial charge is 0.465 e. The Kier molecular flexibility index (Phi) is 10.4. The molecule has 9 heteroatoms. The molecular weight excluding hydrogens is 526 g/mol. The summed E-state index contributed by atoms with van der Waals surface area (Å²) in [5.74, 6) is 1.32. The number of carbonyl (C=O) groups is 1. The maximum Gasteiger partial charge on any atom is 0.407 e. The van der Waals surface area contributed by atoms with Crippen molar-refractivity contribution in [1.82, 2.24) is 9.80 Å². The van der Waals surface area contributed by atoms with Crippen LogP contribution in [0.15, 0.2) is 78.9 Å². The molecule has 1 aliphatic rings. The number of carboxylic acid groups (broad SMARTS) is 1. The van der Waals surface area contributed by atoms with Crippen LogP contribution in [0.4, 0.5) is 10.5 Å². The molecule has 1 fully saturated rings. The van der Waals surface area contributed by atoms with E-state index in [-0.39, 0.29) is 6.04 Å². The number of nitrogens with zero attached hydrogens (tertiary/aromatic N) is 2. The third-order valence-electron chi connectivity index (χ3n) is 7.17.